The Morgan fingerprint density at radius 2 is 1.90 bits per heavy atom. The molecule has 0 radical (unpaired) electrons. The van der Waals surface area contributed by atoms with E-state index in [0.717, 1.165) is 5.56 Å². The summed E-state index contributed by atoms with van der Waals surface area (Å²) in [6, 6.07) is 7.15. The number of aryl methyl sites for hydroxylation is 1. The molecular weight excluding hydrogens is 131 g/mol. The van der Waals surface area contributed by atoms with E-state index in [2.05, 4.69) is 0 Å². The SMILES string of the molecule is CF.Cc1cccc(O)c1. The molecule has 0 saturated carbocycles. The molecule has 0 aliphatic carbocycles. The van der Waals surface area contributed by atoms with E-state index in [1.807, 2.05) is 19.1 Å². The fraction of sp³-hybridized carbons (Fsp3) is 0.250. The van der Waals surface area contributed by atoms with Gasteiger partial charge in [-0.05, 0) is 24.6 Å². The molecule has 1 rings (SSSR count). The van der Waals surface area contributed by atoms with Gasteiger partial charge >= 0.3 is 0 Å². The number of aromatic hydroxyl groups is 1. The van der Waals surface area contributed by atoms with Crippen molar-refractivity contribution >= 4 is 0 Å². The number of hydrogen-bond acceptors (Lipinski definition) is 1. The third-order valence-electron chi connectivity index (χ3n) is 1.00. The van der Waals surface area contributed by atoms with Gasteiger partial charge < -0.3 is 5.11 Å². The Morgan fingerprint density at radius 1 is 1.30 bits per heavy atom. The topological polar surface area (TPSA) is 20.2 Å². The number of halogens is 1. The number of alkyl halides is 1. The van der Waals surface area contributed by atoms with Crippen molar-refractivity contribution in [2.24, 2.45) is 0 Å². The van der Waals surface area contributed by atoms with Gasteiger partial charge in [-0.2, -0.15) is 0 Å². The van der Waals surface area contributed by atoms with E-state index in [1.165, 1.54) is 0 Å². The van der Waals surface area contributed by atoms with Crippen LogP contribution in [0.3, 0.4) is 0 Å². The molecule has 0 spiro atoms. The number of phenols is 1. The van der Waals surface area contributed by atoms with Gasteiger partial charge in [-0.25, -0.2) is 0 Å². The molecule has 0 aliphatic rings. The Balaban J connectivity index is 0.000000371. The van der Waals surface area contributed by atoms with Crippen molar-refractivity contribution in [1.82, 2.24) is 0 Å². The molecule has 0 amide bonds. The maximum absolute atomic E-state index is 9.50. The lowest BCUT2D eigenvalue weighted by Gasteiger charge is -1.89. The highest BCUT2D eigenvalue weighted by Crippen LogP contribution is 2.08. The van der Waals surface area contributed by atoms with E-state index in [4.69, 9.17) is 5.11 Å². The number of benzene rings is 1. The highest BCUT2D eigenvalue weighted by atomic mass is 19.1. The van der Waals surface area contributed by atoms with Gasteiger partial charge in [-0.3, -0.25) is 4.39 Å². The monoisotopic (exact) mass is 142 g/mol. The maximum atomic E-state index is 9.50. The van der Waals surface area contributed by atoms with E-state index in [-0.39, 0.29) is 0 Å². The molecule has 0 aromatic heterocycles. The summed E-state index contributed by atoms with van der Waals surface area (Å²) in [7, 11) is 0.500. The Bertz CT molecular complexity index is 169. The summed E-state index contributed by atoms with van der Waals surface area (Å²) < 4.78 is 9.50. The van der Waals surface area contributed by atoms with E-state index >= 15 is 0 Å². The first kappa shape index (κ1) is 8.95. The molecule has 1 aromatic carbocycles. The fourth-order valence-electron chi connectivity index (χ4n) is 0.628. The van der Waals surface area contributed by atoms with Crippen LogP contribution in [0, 0.1) is 6.92 Å². The van der Waals surface area contributed by atoms with Gasteiger partial charge in [-0.15, -0.1) is 0 Å². The molecule has 0 heterocycles. The lowest BCUT2D eigenvalue weighted by molar-refractivity contribution is 0.475. The average Bonchev–Trinajstić information content (AvgIpc) is 1.91. The first-order valence-electron chi connectivity index (χ1n) is 2.92. The second-order valence-electron chi connectivity index (χ2n) is 1.84. The maximum Gasteiger partial charge on any atom is 0.115 e. The van der Waals surface area contributed by atoms with Crippen molar-refractivity contribution < 1.29 is 9.50 Å². The Labute approximate surface area is 60.1 Å². The summed E-state index contributed by atoms with van der Waals surface area (Å²) in [5, 5.41) is 8.81. The van der Waals surface area contributed by atoms with Crippen LogP contribution >= 0.6 is 0 Å². The molecule has 0 aliphatic heterocycles. The van der Waals surface area contributed by atoms with Gasteiger partial charge in [0.1, 0.15) is 5.75 Å². The fourth-order valence-corrected chi connectivity index (χ4v) is 0.628. The van der Waals surface area contributed by atoms with Crippen LogP contribution in [0.15, 0.2) is 24.3 Å². The van der Waals surface area contributed by atoms with Crippen LogP contribution in [0.1, 0.15) is 5.56 Å². The van der Waals surface area contributed by atoms with Crippen molar-refractivity contribution in [3.8, 4) is 5.75 Å². The lowest BCUT2D eigenvalue weighted by atomic mass is 10.2. The summed E-state index contributed by atoms with van der Waals surface area (Å²) in [5.41, 5.74) is 1.09. The van der Waals surface area contributed by atoms with E-state index < -0.39 is 0 Å². The minimum Gasteiger partial charge on any atom is -0.508 e. The minimum atomic E-state index is 0.338. The molecule has 1 nitrogen and oxygen atoms in total. The smallest absolute Gasteiger partial charge is 0.115 e. The van der Waals surface area contributed by atoms with Gasteiger partial charge in [0, 0.05) is 0 Å². The summed E-state index contributed by atoms with van der Waals surface area (Å²) in [5.74, 6) is 0.338. The molecular formula is C8H11FO. The zero-order valence-electron chi connectivity index (χ0n) is 6.13. The van der Waals surface area contributed by atoms with Crippen molar-refractivity contribution in [2.45, 2.75) is 6.92 Å². The number of phenolic OH excluding ortho intramolecular Hbond substituents is 1. The van der Waals surface area contributed by atoms with E-state index in [0.29, 0.717) is 12.9 Å². The van der Waals surface area contributed by atoms with Crippen molar-refractivity contribution in [2.75, 3.05) is 7.18 Å². The third-order valence-corrected chi connectivity index (χ3v) is 1.00. The Hall–Kier alpha value is -1.05. The van der Waals surface area contributed by atoms with E-state index in [9.17, 15) is 4.39 Å². The Morgan fingerprint density at radius 3 is 2.20 bits per heavy atom. The summed E-state index contributed by atoms with van der Waals surface area (Å²) in [4.78, 5) is 0. The molecule has 2 heteroatoms. The van der Waals surface area contributed by atoms with Gasteiger partial charge in [-0.1, -0.05) is 12.1 Å². The number of hydrogen-bond donors (Lipinski definition) is 1. The summed E-state index contributed by atoms with van der Waals surface area (Å²) >= 11 is 0. The molecule has 0 fully saturated rings. The predicted octanol–water partition coefficient (Wildman–Crippen LogP) is 2.29. The van der Waals surface area contributed by atoms with Gasteiger partial charge in [0.05, 0.1) is 7.18 Å². The van der Waals surface area contributed by atoms with Gasteiger partial charge in [0.25, 0.3) is 0 Å². The quantitative estimate of drug-likeness (QED) is 0.589. The lowest BCUT2D eigenvalue weighted by Crippen LogP contribution is -1.66. The summed E-state index contributed by atoms with van der Waals surface area (Å²) in [6.45, 7) is 1.94. The molecule has 0 unspecified atom stereocenters. The molecule has 1 aromatic rings. The van der Waals surface area contributed by atoms with Crippen LogP contribution < -0.4 is 0 Å². The van der Waals surface area contributed by atoms with Crippen molar-refractivity contribution in [1.29, 1.82) is 0 Å². The molecule has 0 atom stereocenters. The van der Waals surface area contributed by atoms with Crippen LogP contribution in [-0.2, 0) is 0 Å². The highest BCUT2D eigenvalue weighted by molar-refractivity contribution is 5.25. The highest BCUT2D eigenvalue weighted by Gasteiger charge is 1.83. The first-order chi connectivity index (χ1) is 4.79. The third kappa shape index (κ3) is 3.07. The summed E-state index contributed by atoms with van der Waals surface area (Å²) in [6.07, 6.45) is 0. The van der Waals surface area contributed by atoms with E-state index in [1.54, 1.807) is 12.1 Å². The standard InChI is InChI=1S/C7H8O.CH3F/c1-6-3-2-4-7(8)5-6;1-2/h2-5,8H,1H3;1H3. The van der Waals surface area contributed by atoms with Crippen molar-refractivity contribution in [3.05, 3.63) is 29.8 Å². The Kier molecular flexibility index (Phi) is 4.29. The molecule has 1 N–H and O–H groups in total. The number of rotatable bonds is 0. The van der Waals surface area contributed by atoms with Crippen molar-refractivity contribution in [3.63, 3.8) is 0 Å². The van der Waals surface area contributed by atoms with Gasteiger partial charge in [0.15, 0.2) is 0 Å². The average molecular weight is 142 g/mol. The molecule has 0 bridgehead atoms. The zero-order chi connectivity index (χ0) is 7.98. The minimum absolute atomic E-state index is 0.338. The normalized spacial score (nSPS) is 7.90. The zero-order valence-corrected chi connectivity index (χ0v) is 6.13. The predicted molar refractivity (Wildman–Crippen MR) is 39.9 cm³/mol. The second kappa shape index (κ2) is 4.79. The first-order valence-corrected chi connectivity index (χ1v) is 2.92. The molecule has 0 saturated heterocycles. The molecule has 56 valence electrons. The van der Waals surface area contributed by atoms with Crippen LogP contribution in [0.4, 0.5) is 4.39 Å². The van der Waals surface area contributed by atoms with Crippen LogP contribution in [0.5, 0.6) is 5.75 Å². The van der Waals surface area contributed by atoms with Crippen LogP contribution in [0.2, 0.25) is 0 Å². The molecule has 10 heavy (non-hydrogen) atoms. The van der Waals surface area contributed by atoms with Crippen LogP contribution in [0.25, 0.3) is 0 Å². The second-order valence-corrected chi connectivity index (χ2v) is 1.84. The van der Waals surface area contributed by atoms with Gasteiger partial charge in [0.2, 0.25) is 0 Å². The largest absolute Gasteiger partial charge is 0.508 e. The van der Waals surface area contributed by atoms with Crippen LogP contribution in [-0.4, -0.2) is 12.3 Å².